The minimum Gasteiger partial charge on any atom is -0.246 e. The summed E-state index contributed by atoms with van der Waals surface area (Å²) >= 11 is 0. The van der Waals surface area contributed by atoms with Gasteiger partial charge in [-0.15, -0.1) is 0 Å². The van der Waals surface area contributed by atoms with Crippen LogP contribution in [0.2, 0.25) is 0 Å². The number of halogens is 1. The fraction of sp³-hybridized carbons (Fsp3) is 0.417. The molecule has 1 aliphatic carbocycles. The topological polar surface area (TPSA) is 29.4 Å². The van der Waals surface area contributed by atoms with E-state index >= 15 is 0 Å². The van der Waals surface area contributed by atoms with Crippen LogP contribution in [0.15, 0.2) is 29.3 Å². The van der Waals surface area contributed by atoms with Crippen LogP contribution in [0.25, 0.3) is 0 Å². The number of hydrogen-bond donors (Lipinski definition) is 0. The molecule has 0 amide bonds. The Kier molecular flexibility index (Phi) is 2.65. The third-order valence-electron chi connectivity index (χ3n) is 3.09. The van der Waals surface area contributed by atoms with Crippen LogP contribution in [0, 0.1) is 0 Å². The third kappa shape index (κ3) is 1.71. The molecule has 0 heterocycles. The van der Waals surface area contributed by atoms with E-state index in [-0.39, 0.29) is 5.54 Å². The van der Waals surface area contributed by atoms with E-state index in [1.807, 2.05) is 12.1 Å². The van der Waals surface area contributed by atoms with Crippen molar-refractivity contribution in [2.45, 2.75) is 31.5 Å². The molecule has 0 aromatic heterocycles. The molecule has 3 heteroatoms. The second-order valence-corrected chi connectivity index (χ2v) is 3.92. The number of rotatable bonds is 3. The highest BCUT2D eigenvalue weighted by molar-refractivity contribution is 5.40. The molecule has 2 nitrogen and oxygen atoms in total. The van der Waals surface area contributed by atoms with Gasteiger partial charge >= 0.3 is 0 Å². The van der Waals surface area contributed by atoms with Crippen molar-refractivity contribution in [1.29, 1.82) is 0 Å². The van der Waals surface area contributed by atoms with Crippen LogP contribution in [-0.2, 0) is 17.0 Å². The molecular formula is C12H12FNO. The molecular weight excluding hydrogens is 193 g/mol. The monoisotopic (exact) mass is 205 g/mol. The quantitative estimate of drug-likeness (QED) is 0.551. The number of isocyanates is 1. The fourth-order valence-electron chi connectivity index (χ4n) is 1.97. The molecule has 15 heavy (non-hydrogen) atoms. The van der Waals surface area contributed by atoms with Crippen molar-refractivity contribution in [1.82, 2.24) is 0 Å². The summed E-state index contributed by atoms with van der Waals surface area (Å²) in [6.07, 6.45) is 4.49. The average Bonchev–Trinajstić information content (AvgIpc) is 2.24. The van der Waals surface area contributed by atoms with Crippen molar-refractivity contribution in [2.75, 3.05) is 0 Å². The minimum absolute atomic E-state index is 0.364. The van der Waals surface area contributed by atoms with Gasteiger partial charge in [0, 0.05) is 0 Å². The van der Waals surface area contributed by atoms with Crippen LogP contribution in [-0.4, -0.2) is 6.08 Å². The zero-order valence-corrected chi connectivity index (χ0v) is 8.37. The number of hydrogen-bond acceptors (Lipinski definition) is 2. The van der Waals surface area contributed by atoms with Crippen LogP contribution in [0.3, 0.4) is 0 Å². The molecule has 0 atom stereocenters. The van der Waals surface area contributed by atoms with Crippen LogP contribution in [0.4, 0.5) is 4.39 Å². The summed E-state index contributed by atoms with van der Waals surface area (Å²) in [5.74, 6) is 0. The number of carbonyl (C=O) groups excluding carboxylic acids is 1. The first kappa shape index (κ1) is 10.1. The Balaban J connectivity index is 2.31. The third-order valence-corrected chi connectivity index (χ3v) is 3.09. The van der Waals surface area contributed by atoms with Crippen molar-refractivity contribution in [3.05, 3.63) is 35.4 Å². The lowest BCUT2D eigenvalue weighted by Gasteiger charge is -2.37. The smallest absolute Gasteiger partial charge is 0.235 e. The maximum absolute atomic E-state index is 12.3. The Morgan fingerprint density at radius 1 is 1.33 bits per heavy atom. The van der Waals surface area contributed by atoms with E-state index in [4.69, 9.17) is 0 Å². The van der Waals surface area contributed by atoms with Gasteiger partial charge in [-0.25, -0.2) is 9.18 Å². The number of alkyl halides is 1. The molecule has 1 aromatic rings. The summed E-state index contributed by atoms with van der Waals surface area (Å²) in [6, 6.07) is 7.20. The molecule has 1 aliphatic rings. The van der Waals surface area contributed by atoms with Crippen molar-refractivity contribution < 1.29 is 9.18 Å². The van der Waals surface area contributed by atoms with E-state index in [1.165, 1.54) is 0 Å². The summed E-state index contributed by atoms with van der Waals surface area (Å²) in [5.41, 5.74) is 1.29. The molecule has 0 aliphatic heterocycles. The zero-order chi connectivity index (χ0) is 10.7. The van der Waals surface area contributed by atoms with E-state index in [9.17, 15) is 9.18 Å². The highest BCUT2D eigenvalue weighted by atomic mass is 19.1. The minimum atomic E-state index is -0.454. The van der Waals surface area contributed by atoms with Crippen LogP contribution in [0.5, 0.6) is 0 Å². The van der Waals surface area contributed by atoms with Gasteiger partial charge in [-0.3, -0.25) is 0 Å². The summed E-state index contributed by atoms with van der Waals surface area (Å²) in [7, 11) is 0. The standard InChI is InChI=1S/C12H12FNO/c13-8-10-2-4-11(5-3-10)12(14-9-15)6-1-7-12/h2-5H,1,6-8H2. The van der Waals surface area contributed by atoms with E-state index in [2.05, 4.69) is 4.99 Å². The number of aliphatic imine (C=N–C) groups is 1. The molecule has 0 N–H and O–H groups in total. The van der Waals surface area contributed by atoms with Gasteiger partial charge in [0.25, 0.3) is 0 Å². The first-order valence-corrected chi connectivity index (χ1v) is 5.05. The lowest BCUT2D eigenvalue weighted by atomic mass is 9.72. The first-order valence-electron chi connectivity index (χ1n) is 5.05. The second-order valence-electron chi connectivity index (χ2n) is 3.92. The Morgan fingerprint density at radius 2 is 2.00 bits per heavy atom. The van der Waals surface area contributed by atoms with Crippen molar-refractivity contribution in [3.8, 4) is 0 Å². The lowest BCUT2D eigenvalue weighted by Crippen LogP contribution is -2.31. The average molecular weight is 205 g/mol. The fourth-order valence-corrected chi connectivity index (χ4v) is 1.97. The summed E-state index contributed by atoms with van der Waals surface area (Å²) in [5, 5.41) is 0. The van der Waals surface area contributed by atoms with Gasteiger partial charge in [0.15, 0.2) is 0 Å². The molecule has 0 bridgehead atoms. The molecule has 1 saturated carbocycles. The second kappa shape index (κ2) is 3.95. The Hall–Kier alpha value is -1.47. The largest absolute Gasteiger partial charge is 0.246 e. The maximum atomic E-state index is 12.3. The van der Waals surface area contributed by atoms with E-state index in [1.54, 1.807) is 18.2 Å². The summed E-state index contributed by atoms with van der Waals surface area (Å²) < 4.78 is 12.3. The van der Waals surface area contributed by atoms with Crippen LogP contribution < -0.4 is 0 Å². The number of benzene rings is 1. The highest BCUT2D eigenvalue weighted by Crippen LogP contribution is 2.44. The van der Waals surface area contributed by atoms with Gasteiger partial charge in [0.2, 0.25) is 6.08 Å². The Labute approximate surface area is 87.8 Å². The number of nitrogens with zero attached hydrogens (tertiary/aromatic N) is 1. The molecule has 0 unspecified atom stereocenters. The molecule has 2 rings (SSSR count). The maximum Gasteiger partial charge on any atom is 0.235 e. The first-order chi connectivity index (χ1) is 7.30. The summed E-state index contributed by atoms with van der Waals surface area (Å²) in [4.78, 5) is 14.2. The molecule has 1 fully saturated rings. The van der Waals surface area contributed by atoms with Crippen LogP contribution in [0.1, 0.15) is 30.4 Å². The molecule has 0 spiro atoms. The van der Waals surface area contributed by atoms with Crippen LogP contribution >= 0.6 is 0 Å². The predicted octanol–water partition coefficient (Wildman–Crippen LogP) is 2.87. The van der Waals surface area contributed by atoms with E-state index in [0.29, 0.717) is 5.56 Å². The van der Waals surface area contributed by atoms with E-state index in [0.717, 1.165) is 24.8 Å². The zero-order valence-electron chi connectivity index (χ0n) is 8.37. The van der Waals surface area contributed by atoms with Crippen molar-refractivity contribution in [2.24, 2.45) is 4.99 Å². The van der Waals surface area contributed by atoms with Gasteiger partial charge in [-0.05, 0) is 30.4 Å². The SMILES string of the molecule is O=C=NC1(c2ccc(CF)cc2)CCC1. The van der Waals surface area contributed by atoms with Gasteiger partial charge in [-0.2, -0.15) is 4.99 Å². The normalized spacial score (nSPS) is 17.7. The molecule has 0 radical (unpaired) electrons. The molecule has 0 saturated heterocycles. The van der Waals surface area contributed by atoms with E-state index < -0.39 is 6.67 Å². The summed E-state index contributed by atoms with van der Waals surface area (Å²) in [6.45, 7) is -0.454. The van der Waals surface area contributed by atoms with Gasteiger partial charge in [-0.1, -0.05) is 24.3 Å². The van der Waals surface area contributed by atoms with Crippen molar-refractivity contribution in [3.63, 3.8) is 0 Å². The van der Waals surface area contributed by atoms with Gasteiger partial charge in [0.05, 0.1) is 5.54 Å². The highest BCUT2D eigenvalue weighted by Gasteiger charge is 2.38. The van der Waals surface area contributed by atoms with Gasteiger partial charge in [0.1, 0.15) is 6.67 Å². The lowest BCUT2D eigenvalue weighted by molar-refractivity contribution is 0.256. The van der Waals surface area contributed by atoms with Crippen molar-refractivity contribution >= 4 is 6.08 Å². The Morgan fingerprint density at radius 3 is 2.40 bits per heavy atom. The predicted molar refractivity (Wildman–Crippen MR) is 54.9 cm³/mol. The molecule has 1 aromatic carbocycles. The molecule has 78 valence electrons. The Bertz CT molecular complexity index is 389. The van der Waals surface area contributed by atoms with Gasteiger partial charge < -0.3 is 0 Å².